The maximum atomic E-state index is 10.1. The highest BCUT2D eigenvalue weighted by Crippen LogP contribution is 2.23. The molecule has 1 atom stereocenters. The quantitative estimate of drug-likeness (QED) is 0.827. The van der Waals surface area contributed by atoms with Crippen LogP contribution in [-0.2, 0) is 12.8 Å². The molecule has 2 aliphatic rings. The number of aliphatic hydroxyl groups excluding tert-OH is 1. The maximum Gasteiger partial charge on any atom is 0.136 e. The number of aryl methyl sites for hydroxylation is 1. The van der Waals surface area contributed by atoms with Crippen molar-refractivity contribution in [3.63, 3.8) is 0 Å². The molecule has 0 radical (unpaired) electrons. The van der Waals surface area contributed by atoms with Crippen molar-refractivity contribution < 1.29 is 5.11 Å². The number of nitrogens with zero attached hydrogens (tertiary/aromatic N) is 5. The van der Waals surface area contributed by atoms with Gasteiger partial charge in [0, 0.05) is 45.6 Å². The van der Waals surface area contributed by atoms with Gasteiger partial charge in [0.1, 0.15) is 17.9 Å². The molecule has 3 rings (SSSR count). The second-order valence-electron chi connectivity index (χ2n) is 5.67. The third-order valence-electron chi connectivity index (χ3n) is 4.25. The van der Waals surface area contributed by atoms with E-state index in [1.165, 1.54) is 0 Å². The standard InChI is InChI=1S/C13H23N5O/c1-16-7-9-17(10-8-16)6-5-12-15-14-11-3-2-4-13(19)18(11)12/h13,19H,2-10H2,1H3. The SMILES string of the molecule is CN1CCN(CCc2nnc3n2C(O)CCC3)CC1. The predicted molar refractivity (Wildman–Crippen MR) is 71.9 cm³/mol. The summed E-state index contributed by atoms with van der Waals surface area (Å²) in [6.07, 6.45) is 3.25. The van der Waals surface area contributed by atoms with Crippen LogP contribution in [0.5, 0.6) is 0 Å². The van der Waals surface area contributed by atoms with Crippen molar-refractivity contribution in [2.75, 3.05) is 39.8 Å². The number of likely N-dealkylation sites (N-methyl/N-ethyl adjacent to an activating group) is 1. The van der Waals surface area contributed by atoms with Crippen molar-refractivity contribution in [2.45, 2.75) is 31.9 Å². The lowest BCUT2D eigenvalue weighted by Crippen LogP contribution is -2.45. The Hall–Kier alpha value is -0.980. The Morgan fingerprint density at radius 1 is 1.21 bits per heavy atom. The summed E-state index contributed by atoms with van der Waals surface area (Å²) < 4.78 is 1.94. The normalized spacial score (nSPS) is 25.5. The van der Waals surface area contributed by atoms with Crippen LogP contribution in [0.3, 0.4) is 0 Å². The van der Waals surface area contributed by atoms with Gasteiger partial charge in [-0.3, -0.25) is 4.57 Å². The number of hydrogen-bond donors (Lipinski definition) is 1. The van der Waals surface area contributed by atoms with E-state index >= 15 is 0 Å². The molecule has 0 spiro atoms. The van der Waals surface area contributed by atoms with E-state index in [1.54, 1.807) is 0 Å². The van der Waals surface area contributed by atoms with Crippen molar-refractivity contribution in [3.8, 4) is 0 Å². The minimum absolute atomic E-state index is 0.416. The van der Waals surface area contributed by atoms with Gasteiger partial charge in [-0.1, -0.05) is 0 Å². The highest BCUT2D eigenvalue weighted by Gasteiger charge is 2.23. The molecule has 6 heteroatoms. The number of fused-ring (bicyclic) bond motifs is 1. The van der Waals surface area contributed by atoms with Crippen LogP contribution in [0.15, 0.2) is 0 Å². The van der Waals surface area contributed by atoms with E-state index in [0.29, 0.717) is 0 Å². The van der Waals surface area contributed by atoms with E-state index in [2.05, 4.69) is 27.0 Å². The summed E-state index contributed by atoms with van der Waals surface area (Å²) in [7, 11) is 2.17. The molecule has 0 aromatic carbocycles. The number of rotatable bonds is 3. The molecule has 0 amide bonds. The predicted octanol–water partition coefficient (Wildman–Crippen LogP) is -0.105. The fraction of sp³-hybridized carbons (Fsp3) is 0.846. The Labute approximate surface area is 114 Å². The second-order valence-corrected chi connectivity index (χ2v) is 5.67. The minimum Gasteiger partial charge on any atom is -0.373 e. The zero-order valence-corrected chi connectivity index (χ0v) is 11.6. The topological polar surface area (TPSA) is 57.4 Å². The van der Waals surface area contributed by atoms with Gasteiger partial charge < -0.3 is 14.9 Å². The van der Waals surface area contributed by atoms with E-state index in [-0.39, 0.29) is 0 Å². The lowest BCUT2D eigenvalue weighted by molar-refractivity contribution is 0.0739. The average molecular weight is 265 g/mol. The smallest absolute Gasteiger partial charge is 0.136 e. The summed E-state index contributed by atoms with van der Waals surface area (Å²) in [6, 6.07) is 0. The maximum absolute atomic E-state index is 10.1. The van der Waals surface area contributed by atoms with Gasteiger partial charge in [0.15, 0.2) is 0 Å². The van der Waals surface area contributed by atoms with Crippen LogP contribution < -0.4 is 0 Å². The van der Waals surface area contributed by atoms with Gasteiger partial charge in [0.2, 0.25) is 0 Å². The van der Waals surface area contributed by atoms with Crippen molar-refractivity contribution in [2.24, 2.45) is 0 Å². The molecule has 1 unspecified atom stereocenters. The lowest BCUT2D eigenvalue weighted by Gasteiger charge is -2.32. The lowest BCUT2D eigenvalue weighted by atomic mass is 10.1. The van der Waals surface area contributed by atoms with Crippen molar-refractivity contribution in [1.29, 1.82) is 0 Å². The van der Waals surface area contributed by atoms with Crippen molar-refractivity contribution >= 4 is 0 Å². The summed E-state index contributed by atoms with van der Waals surface area (Å²) in [5.41, 5.74) is 0. The first-order valence-electron chi connectivity index (χ1n) is 7.25. The molecule has 0 bridgehead atoms. The second kappa shape index (κ2) is 5.56. The summed E-state index contributed by atoms with van der Waals surface area (Å²) in [5, 5.41) is 18.5. The molecule has 6 nitrogen and oxygen atoms in total. The zero-order valence-electron chi connectivity index (χ0n) is 11.6. The highest BCUT2D eigenvalue weighted by molar-refractivity contribution is 5.01. The van der Waals surface area contributed by atoms with Crippen LogP contribution >= 0.6 is 0 Å². The van der Waals surface area contributed by atoms with Gasteiger partial charge in [-0.25, -0.2) is 0 Å². The van der Waals surface area contributed by atoms with E-state index < -0.39 is 6.23 Å². The first kappa shape index (κ1) is 13.0. The van der Waals surface area contributed by atoms with E-state index in [0.717, 1.165) is 70.1 Å². The largest absolute Gasteiger partial charge is 0.373 e. The third kappa shape index (κ3) is 2.80. The van der Waals surface area contributed by atoms with E-state index in [9.17, 15) is 5.11 Å². The summed E-state index contributed by atoms with van der Waals surface area (Å²) >= 11 is 0. The number of aliphatic hydroxyl groups is 1. The molecule has 19 heavy (non-hydrogen) atoms. The molecule has 106 valence electrons. The summed E-state index contributed by atoms with van der Waals surface area (Å²) in [5.74, 6) is 1.90. The molecule has 2 aliphatic heterocycles. The third-order valence-corrected chi connectivity index (χ3v) is 4.25. The molecule has 1 N–H and O–H groups in total. The fourth-order valence-corrected chi connectivity index (χ4v) is 2.95. The zero-order chi connectivity index (χ0) is 13.2. The van der Waals surface area contributed by atoms with Gasteiger partial charge in [0.25, 0.3) is 0 Å². The average Bonchev–Trinajstić information content (AvgIpc) is 2.83. The van der Waals surface area contributed by atoms with Crippen LogP contribution in [-0.4, -0.2) is 69.4 Å². The van der Waals surface area contributed by atoms with Crippen LogP contribution in [0, 0.1) is 0 Å². The fourth-order valence-electron chi connectivity index (χ4n) is 2.95. The molecule has 1 aromatic rings. The Bertz CT molecular complexity index is 425. The number of aromatic nitrogens is 3. The first-order chi connectivity index (χ1) is 9.24. The minimum atomic E-state index is -0.416. The molecule has 1 saturated heterocycles. The Morgan fingerprint density at radius 2 is 2.00 bits per heavy atom. The molecule has 1 fully saturated rings. The van der Waals surface area contributed by atoms with Gasteiger partial charge in [-0.05, 0) is 19.9 Å². The Morgan fingerprint density at radius 3 is 2.79 bits per heavy atom. The Kier molecular flexibility index (Phi) is 3.81. The van der Waals surface area contributed by atoms with Crippen LogP contribution in [0.2, 0.25) is 0 Å². The van der Waals surface area contributed by atoms with E-state index in [4.69, 9.17) is 0 Å². The molecular weight excluding hydrogens is 242 g/mol. The Balaban J connectivity index is 1.60. The van der Waals surface area contributed by atoms with Crippen LogP contribution in [0.25, 0.3) is 0 Å². The van der Waals surface area contributed by atoms with Gasteiger partial charge in [-0.15, -0.1) is 10.2 Å². The van der Waals surface area contributed by atoms with Gasteiger partial charge in [-0.2, -0.15) is 0 Å². The number of hydrogen-bond acceptors (Lipinski definition) is 5. The molecular formula is C13H23N5O. The van der Waals surface area contributed by atoms with Gasteiger partial charge >= 0.3 is 0 Å². The van der Waals surface area contributed by atoms with Gasteiger partial charge in [0.05, 0.1) is 0 Å². The first-order valence-corrected chi connectivity index (χ1v) is 7.25. The summed E-state index contributed by atoms with van der Waals surface area (Å²) in [6.45, 7) is 5.54. The number of piperazine rings is 1. The molecule has 1 aromatic heterocycles. The monoisotopic (exact) mass is 265 g/mol. The summed E-state index contributed by atoms with van der Waals surface area (Å²) in [4.78, 5) is 4.83. The van der Waals surface area contributed by atoms with Crippen LogP contribution in [0.4, 0.5) is 0 Å². The van der Waals surface area contributed by atoms with E-state index in [1.807, 2.05) is 4.57 Å². The van der Waals surface area contributed by atoms with Crippen LogP contribution in [0.1, 0.15) is 30.7 Å². The molecule has 3 heterocycles. The van der Waals surface area contributed by atoms with Crippen molar-refractivity contribution in [1.82, 2.24) is 24.6 Å². The molecule has 0 aliphatic carbocycles. The molecule has 0 saturated carbocycles. The highest BCUT2D eigenvalue weighted by atomic mass is 16.3. The van der Waals surface area contributed by atoms with Crippen molar-refractivity contribution in [3.05, 3.63) is 11.6 Å².